The van der Waals surface area contributed by atoms with E-state index in [9.17, 15) is 30.8 Å². The van der Waals surface area contributed by atoms with E-state index in [1.54, 1.807) is 24.0 Å². The highest BCUT2D eigenvalue weighted by Gasteiger charge is 2.60. The third-order valence-electron chi connectivity index (χ3n) is 8.27. The van der Waals surface area contributed by atoms with E-state index in [0.29, 0.717) is 5.56 Å². The lowest BCUT2D eigenvalue weighted by Crippen LogP contribution is -2.61. The molecule has 10 nitrogen and oxygen atoms in total. The van der Waals surface area contributed by atoms with Gasteiger partial charge in [-0.2, -0.15) is 8.42 Å². The second-order valence-electron chi connectivity index (χ2n) is 10.9. The monoisotopic (exact) mass is 574 g/mol. The molecule has 4 aliphatic rings. The smallest absolute Gasteiger partial charge is 0.286 e. The molecule has 2 aliphatic carbocycles. The van der Waals surface area contributed by atoms with Crippen molar-refractivity contribution in [2.45, 2.75) is 43.7 Å². The number of Topliss-reactive ketones (excluding diaryl/α,β-unsaturated/α-hetero) is 1. The number of amides is 1. The molecular formula is C26H27FN4O6S2. The number of anilines is 2. The highest BCUT2D eigenvalue weighted by Crippen LogP contribution is 2.54. The molecule has 0 spiro atoms. The highest BCUT2D eigenvalue weighted by atomic mass is 32.2. The topological polar surface area (TPSA) is 142 Å². The maximum absolute atomic E-state index is 14.0. The number of nitrogens with zero attached hydrogens (tertiary/aromatic N) is 2. The minimum atomic E-state index is -4.36. The van der Waals surface area contributed by atoms with Crippen LogP contribution >= 0.6 is 0 Å². The summed E-state index contributed by atoms with van der Waals surface area (Å²) in [4.78, 5) is 29.2. The van der Waals surface area contributed by atoms with Crippen LogP contribution in [0.3, 0.4) is 0 Å². The van der Waals surface area contributed by atoms with Crippen molar-refractivity contribution in [1.29, 1.82) is 0 Å². The summed E-state index contributed by atoms with van der Waals surface area (Å²) in [5.74, 6) is -3.04. The molecule has 2 aromatic carbocycles. The van der Waals surface area contributed by atoms with Gasteiger partial charge >= 0.3 is 0 Å². The average molecular weight is 575 g/mol. The molecule has 0 radical (unpaired) electrons. The summed E-state index contributed by atoms with van der Waals surface area (Å²) in [5.41, 5.74) is 1.30. The number of likely N-dealkylation sites (tertiary alicyclic amines) is 1. The van der Waals surface area contributed by atoms with Crippen molar-refractivity contribution < 1.29 is 30.8 Å². The van der Waals surface area contributed by atoms with Crippen LogP contribution in [-0.2, 0) is 36.2 Å². The fourth-order valence-electron chi connectivity index (χ4n) is 6.75. The fraction of sp³-hybridized carbons (Fsp3) is 0.423. The molecule has 2 N–H and O–H groups in total. The molecule has 2 aromatic rings. The molecule has 206 valence electrons. The molecule has 0 aromatic heterocycles. The molecule has 3 fully saturated rings. The van der Waals surface area contributed by atoms with Crippen LogP contribution < -0.4 is 10.0 Å². The summed E-state index contributed by atoms with van der Waals surface area (Å²) < 4.78 is 69.5. The number of fused-ring (bicyclic) bond motifs is 6. The van der Waals surface area contributed by atoms with Crippen molar-refractivity contribution in [2.75, 3.05) is 16.3 Å². The molecule has 1 saturated heterocycles. The molecule has 5 unspecified atom stereocenters. The molecule has 6 rings (SSSR count). The van der Waals surface area contributed by atoms with Crippen LogP contribution in [0.15, 0.2) is 45.7 Å². The SMILES string of the molecule is Cc1cc(CN2C(=O)C(C3=NS(=O)(=O)c4cc(NS(C)(=O)=O)ccc4N3)C(=O)C3C4CCC(C4)C32)ccc1F. The lowest BCUT2D eigenvalue weighted by atomic mass is 9.73. The number of rotatable bonds is 5. The van der Waals surface area contributed by atoms with Crippen molar-refractivity contribution >= 4 is 48.9 Å². The number of carbonyl (C=O) groups is 2. The van der Waals surface area contributed by atoms with Crippen LogP contribution in [0.2, 0.25) is 0 Å². The van der Waals surface area contributed by atoms with Gasteiger partial charge < -0.3 is 10.2 Å². The van der Waals surface area contributed by atoms with E-state index in [4.69, 9.17) is 0 Å². The number of ketones is 1. The van der Waals surface area contributed by atoms with Crippen LogP contribution in [0.1, 0.15) is 30.4 Å². The Morgan fingerprint density at radius 2 is 1.87 bits per heavy atom. The first-order valence-corrected chi connectivity index (χ1v) is 16.0. The number of benzene rings is 2. The van der Waals surface area contributed by atoms with Crippen molar-refractivity contribution in [1.82, 2.24) is 4.90 Å². The molecular weight excluding hydrogens is 547 g/mol. The number of hydrogen-bond acceptors (Lipinski definition) is 7. The van der Waals surface area contributed by atoms with E-state index in [1.165, 1.54) is 18.2 Å². The Morgan fingerprint density at radius 3 is 2.59 bits per heavy atom. The van der Waals surface area contributed by atoms with Gasteiger partial charge in [-0.05, 0) is 73.4 Å². The molecule has 39 heavy (non-hydrogen) atoms. The van der Waals surface area contributed by atoms with E-state index < -0.39 is 37.8 Å². The van der Waals surface area contributed by atoms with E-state index >= 15 is 0 Å². The van der Waals surface area contributed by atoms with E-state index in [0.717, 1.165) is 37.1 Å². The third-order valence-corrected chi connectivity index (χ3v) is 10.2. The van der Waals surface area contributed by atoms with Gasteiger partial charge in [0.05, 0.1) is 11.9 Å². The largest absolute Gasteiger partial charge is 0.341 e. The Morgan fingerprint density at radius 1 is 1.13 bits per heavy atom. The first-order valence-electron chi connectivity index (χ1n) is 12.7. The number of piperidine rings is 1. The summed E-state index contributed by atoms with van der Waals surface area (Å²) in [6.45, 7) is 1.81. The zero-order chi connectivity index (χ0) is 27.9. The Labute approximate surface area is 225 Å². The number of sulfonamides is 2. The first-order chi connectivity index (χ1) is 18.3. The molecule has 2 bridgehead atoms. The predicted octanol–water partition coefficient (Wildman–Crippen LogP) is 2.66. The molecule has 5 atom stereocenters. The molecule has 2 aliphatic heterocycles. The van der Waals surface area contributed by atoms with Gasteiger partial charge in [-0.15, -0.1) is 4.40 Å². The molecule has 13 heteroatoms. The molecule has 2 heterocycles. The summed E-state index contributed by atoms with van der Waals surface area (Å²) >= 11 is 0. The van der Waals surface area contributed by atoms with Crippen LogP contribution in [0.25, 0.3) is 0 Å². The summed E-state index contributed by atoms with van der Waals surface area (Å²) in [5, 5.41) is 2.87. The van der Waals surface area contributed by atoms with E-state index in [2.05, 4.69) is 14.4 Å². The van der Waals surface area contributed by atoms with Crippen molar-refractivity contribution in [3.63, 3.8) is 0 Å². The van der Waals surface area contributed by atoms with Crippen LogP contribution in [0.4, 0.5) is 15.8 Å². The minimum Gasteiger partial charge on any atom is -0.341 e. The quantitative estimate of drug-likeness (QED) is 0.523. The standard InChI is InChI=1S/C26H27FN4O6S2/c1-13-9-14(3-7-18(13)27)12-31-23-16-5-4-15(10-16)21(23)24(32)22(26(31)33)25-28-19-8-6-17(29-38(2,34)35)11-20(19)39(36,37)30-25/h3,6-9,11,15-16,21-23,29H,4-5,10,12H2,1-2H3,(H,28,30). The lowest BCUT2D eigenvalue weighted by Gasteiger charge is -2.45. The van der Waals surface area contributed by atoms with Gasteiger partial charge in [0.2, 0.25) is 15.9 Å². The van der Waals surface area contributed by atoms with Crippen LogP contribution in [-0.4, -0.2) is 51.6 Å². The second kappa shape index (κ2) is 8.85. The summed E-state index contributed by atoms with van der Waals surface area (Å²) in [6.07, 6.45) is 3.56. The number of carbonyl (C=O) groups excluding carboxylic acids is 2. The highest BCUT2D eigenvalue weighted by molar-refractivity contribution is 7.92. The fourth-order valence-corrected chi connectivity index (χ4v) is 8.49. The van der Waals surface area contributed by atoms with Crippen molar-refractivity contribution in [3.8, 4) is 0 Å². The van der Waals surface area contributed by atoms with Crippen molar-refractivity contribution in [2.24, 2.45) is 28.1 Å². The normalized spacial score (nSPS) is 28.9. The Bertz CT molecular complexity index is 1670. The van der Waals surface area contributed by atoms with Gasteiger partial charge in [-0.1, -0.05) is 12.1 Å². The Hall–Kier alpha value is -3.32. The second-order valence-corrected chi connectivity index (χ2v) is 14.2. The maximum Gasteiger partial charge on any atom is 0.286 e. The maximum atomic E-state index is 14.0. The summed E-state index contributed by atoms with van der Waals surface area (Å²) in [7, 11) is -8.01. The van der Waals surface area contributed by atoms with E-state index in [-0.39, 0.29) is 58.1 Å². The van der Waals surface area contributed by atoms with Gasteiger partial charge in [0.1, 0.15) is 16.5 Å². The van der Waals surface area contributed by atoms with Gasteiger partial charge in [0.15, 0.2) is 11.7 Å². The number of hydrogen-bond donors (Lipinski definition) is 2. The van der Waals surface area contributed by atoms with Crippen LogP contribution in [0.5, 0.6) is 0 Å². The van der Waals surface area contributed by atoms with Gasteiger partial charge in [0.25, 0.3) is 10.0 Å². The molecule has 2 saturated carbocycles. The van der Waals surface area contributed by atoms with Gasteiger partial charge in [-0.3, -0.25) is 14.3 Å². The summed E-state index contributed by atoms with van der Waals surface area (Å²) in [6, 6.07) is 8.24. The van der Waals surface area contributed by atoms with Crippen molar-refractivity contribution in [3.05, 3.63) is 53.3 Å². The minimum absolute atomic E-state index is 0.0377. The lowest BCUT2D eigenvalue weighted by molar-refractivity contribution is -0.153. The predicted molar refractivity (Wildman–Crippen MR) is 141 cm³/mol. The van der Waals surface area contributed by atoms with Gasteiger partial charge in [0, 0.05) is 24.2 Å². The number of halogens is 1. The Balaban J connectivity index is 1.38. The van der Waals surface area contributed by atoms with E-state index in [1.807, 2.05) is 0 Å². The van der Waals surface area contributed by atoms with Gasteiger partial charge in [-0.25, -0.2) is 12.8 Å². The Kier molecular flexibility index (Phi) is 5.88. The molecule has 1 amide bonds. The first kappa shape index (κ1) is 25.9. The number of nitrogens with one attached hydrogen (secondary N) is 2. The zero-order valence-corrected chi connectivity index (χ0v) is 22.9. The van der Waals surface area contributed by atoms with Crippen LogP contribution in [0, 0.1) is 36.4 Å². The number of amidine groups is 1. The average Bonchev–Trinajstić information content (AvgIpc) is 3.46. The zero-order valence-electron chi connectivity index (χ0n) is 21.2. The third kappa shape index (κ3) is 4.41. The number of aryl methyl sites for hydroxylation is 1.